The minimum atomic E-state index is -0.560. The molecule has 0 aromatic heterocycles. The van der Waals surface area contributed by atoms with Crippen LogP contribution >= 0.6 is 0 Å². The van der Waals surface area contributed by atoms with Gasteiger partial charge in [0.05, 0.1) is 11.7 Å². The number of phenolic OH excluding ortho intramolecular Hbond substituents is 1. The summed E-state index contributed by atoms with van der Waals surface area (Å²) in [6, 6.07) is 7.04. The molecule has 1 N–H and O–H groups in total. The summed E-state index contributed by atoms with van der Waals surface area (Å²) in [5.74, 6) is -0.0332. The molecule has 1 aromatic carbocycles. The summed E-state index contributed by atoms with van der Waals surface area (Å²) in [6.07, 6.45) is 1.24. The van der Waals surface area contributed by atoms with Crippen molar-refractivity contribution in [1.82, 2.24) is 0 Å². The van der Waals surface area contributed by atoms with Gasteiger partial charge in [-0.25, -0.2) is 0 Å². The third-order valence-electron chi connectivity index (χ3n) is 2.31. The summed E-state index contributed by atoms with van der Waals surface area (Å²) in [5.41, 5.74) is 0.333. The van der Waals surface area contributed by atoms with Crippen molar-refractivity contribution >= 4 is 12.1 Å². The summed E-state index contributed by atoms with van der Waals surface area (Å²) in [4.78, 5) is 16.6. The van der Waals surface area contributed by atoms with Gasteiger partial charge in [-0.2, -0.15) is 10.3 Å². The van der Waals surface area contributed by atoms with Crippen molar-refractivity contribution in [2.75, 3.05) is 5.06 Å². The number of nitriles is 1. The molecule has 0 spiro atoms. The Morgan fingerprint density at radius 1 is 1.47 bits per heavy atom. The van der Waals surface area contributed by atoms with E-state index in [4.69, 9.17) is 10.1 Å². The first-order valence-electron chi connectivity index (χ1n) is 6.00. The molecular weight excluding hydrogens is 244 g/mol. The van der Waals surface area contributed by atoms with Crippen LogP contribution in [0.3, 0.4) is 0 Å². The van der Waals surface area contributed by atoms with Crippen LogP contribution in [0, 0.1) is 11.3 Å². The molecule has 0 saturated carbocycles. The highest BCUT2D eigenvalue weighted by molar-refractivity contribution is 5.77. The van der Waals surface area contributed by atoms with Gasteiger partial charge < -0.3 is 5.11 Å². The first-order chi connectivity index (χ1) is 8.89. The molecule has 1 amide bonds. The highest BCUT2D eigenvalue weighted by Crippen LogP contribution is 2.32. The zero-order chi connectivity index (χ0) is 14.5. The van der Waals surface area contributed by atoms with Crippen molar-refractivity contribution in [3.8, 4) is 11.8 Å². The average Bonchev–Trinajstić information content (AvgIpc) is 2.34. The highest BCUT2D eigenvalue weighted by atomic mass is 16.7. The van der Waals surface area contributed by atoms with E-state index in [1.165, 1.54) is 0 Å². The van der Waals surface area contributed by atoms with E-state index in [0.29, 0.717) is 24.8 Å². The number of hydrogen-bond acceptors (Lipinski definition) is 4. The third-order valence-corrected chi connectivity index (χ3v) is 2.31. The number of carbonyl (C=O) groups excluding carboxylic acids is 1. The number of rotatable bonds is 5. The third kappa shape index (κ3) is 4.27. The number of hydroxylamine groups is 1. The van der Waals surface area contributed by atoms with E-state index in [2.05, 4.69) is 0 Å². The van der Waals surface area contributed by atoms with Crippen molar-refractivity contribution in [1.29, 1.82) is 5.26 Å². The summed E-state index contributed by atoms with van der Waals surface area (Å²) in [5, 5.41) is 19.7. The fourth-order valence-corrected chi connectivity index (χ4v) is 1.57. The number of aromatic hydroxyl groups is 1. The molecule has 5 heteroatoms. The van der Waals surface area contributed by atoms with Gasteiger partial charge in [0, 0.05) is 6.42 Å². The molecule has 0 aliphatic rings. The van der Waals surface area contributed by atoms with Crippen molar-refractivity contribution in [3.63, 3.8) is 0 Å². The SMILES string of the molecule is CC(C)(C)ON(C=O)c1cccc(CCC#N)c1O. The van der Waals surface area contributed by atoms with E-state index in [0.717, 1.165) is 5.06 Å². The number of benzene rings is 1. The molecule has 0 aliphatic carbocycles. The Morgan fingerprint density at radius 3 is 2.68 bits per heavy atom. The van der Waals surface area contributed by atoms with E-state index in [-0.39, 0.29) is 11.4 Å². The minimum Gasteiger partial charge on any atom is -0.505 e. The molecule has 0 fully saturated rings. The number of amides is 1. The maximum atomic E-state index is 11.1. The van der Waals surface area contributed by atoms with Crippen molar-refractivity contribution in [2.45, 2.75) is 39.2 Å². The molecule has 0 bridgehead atoms. The Hall–Kier alpha value is -2.06. The molecule has 5 nitrogen and oxygen atoms in total. The molecule has 0 atom stereocenters. The van der Waals surface area contributed by atoms with Crippen molar-refractivity contribution in [2.24, 2.45) is 0 Å². The van der Waals surface area contributed by atoms with Crippen LogP contribution < -0.4 is 5.06 Å². The number of phenols is 1. The van der Waals surface area contributed by atoms with Gasteiger partial charge in [-0.15, -0.1) is 0 Å². The molecule has 0 radical (unpaired) electrons. The second-order valence-electron chi connectivity index (χ2n) is 5.08. The van der Waals surface area contributed by atoms with E-state index < -0.39 is 5.60 Å². The van der Waals surface area contributed by atoms with Crippen molar-refractivity contribution in [3.05, 3.63) is 23.8 Å². The Labute approximate surface area is 113 Å². The molecule has 0 heterocycles. The zero-order valence-electron chi connectivity index (χ0n) is 11.4. The summed E-state index contributed by atoms with van der Waals surface area (Å²) < 4.78 is 0. The van der Waals surface area contributed by atoms with Crippen molar-refractivity contribution < 1.29 is 14.7 Å². The van der Waals surface area contributed by atoms with Gasteiger partial charge in [0.15, 0.2) is 0 Å². The fourth-order valence-electron chi connectivity index (χ4n) is 1.57. The largest absolute Gasteiger partial charge is 0.505 e. The molecular formula is C14H18N2O3. The van der Waals surface area contributed by atoms with E-state index in [1.54, 1.807) is 39.0 Å². The van der Waals surface area contributed by atoms with E-state index >= 15 is 0 Å². The van der Waals surface area contributed by atoms with Crippen LogP contribution in [-0.2, 0) is 16.1 Å². The predicted molar refractivity (Wildman–Crippen MR) is 71.4 cm³/mol. The van der Waals surface area contributed by atoms with Crippen LogP contribution in [0.5, 0.6) is 5.75 Å². The predicted octanol–water partition coefficient (Wildman–Crippen LogP) is 2.54. The zero-order valence-corrected chi connectivity index (χ0v) is 11.4. The molecule has 0 saturated heterocycles. The van der Waals surface area contributed by atoms with E-state index in [9.17, 15) is 9.90 Å². The lowest BCUT2D eigenvalue weighted by Crippen LogP contribution is -2.33. The van der Waals surface area contributed by atoms with Crippen LogP contribution in [-0.4, -0.2) is 17.1 Å². The number of hydrogen-bond donors (Lipinski definition) is 1. The quantitative estimate of drug-likeness (QED) is 0.653. The molecule has 0 unspecified atom stereocenters. The minimum absolute atomic E-state index is 0.0332. The van der Waals surface area contributed by atoms with Crippen LogP contribution in [0.4, 0.5) is 5.69 Å². The van der Waals surface area contributed by atoms with Gasteiger partial charge >= 0.3 is 0 Å². The topological polar surface area (TPSA) is 73.6 Å². The first-order valence-corrected chi connectivity index (χ1v) is 6.00. The normalized spacial score (nSPS) is 10.8. The Morgan fingerprint density at radius 2 is 2.16 bits per heavy atom. The van der Waals surface area contributed by atoms with Gasteiger partial charge in [-0.1, -0.05) is 12.1 Å². The van der Waals surface area contributed by atoms with Crippen LogP contribution in [0.25, 0.3) is 0 Å². The standard InChI is InChI=1S/C14H18N2O3/c1-14(2,3)19-16(10-17)12-8-4-6-11(13(12)18)7-5-9-15/h4,6,8,10,18H,5,7H2,1-3H3. The Kier molecular flexibility index (Phi) is 4.90. The molecule has 1 rings (SSSR count). The molecule has 102 valence electrons. The lowest BCUT2D eigenvalue weighted by Gasteiger charge is -2.27. The van der Waals surface area contributed by atoms with Gasteiger partial charge in [-0.05, 0) is 38.8 Å². The van der Waals surface area contributed by atoms with Gasteiger partial charge in [0.1, 0.15) is 11.4 Å². The second-order valence-corrected chi connectivity index (χ2v) is 5.08. The van der Waals surface area contributed by atoms with Gasteiger partial charge in [-0.3, -0.25) is 9.63 Å². The second kappa shape index (κ2) is 6.21. The van der Waals surface area contributed by atoms with Crippen LogP contribution in [0.2, 0.25) is 0 Å². The first kappa shape index (κ1) is 15.0. The Bertz CT molecular complexity index is 486. The average molecular weight is 262 g/mol. The molecule has 1 aromatic rings. The Balaban J connectivity index is 3.05. The number of nitrogens with zero attached hydrogens (tertiary/aromatic N) is 2. The lowest BCUT2D eigenvalue weighted by atomic mass is 10.1. The molecule has 19 heavy (non-hydrogen) atoms. The lowest BCUT2D eigenvalue weighted by molar-refractivity contribution is -0.120. The fraction of sp³-hybridized carbons (Fsp3) is 0.429. The van der Waals surface area contributed by atoms with Crippen LogP contribution in [0.15, 0.2) is 18.2 Å². The van der Waals surface area contributed by atoms with Gasteiger partial charge in [0.25, 0.3) is 0 Å². The highest BCUT2D eigenvalue weighted by Gasteiger charge is 2.20. The summed E-state index contributed by atoms with van der Waals surface area (Å²) in [6.45, 7) is 5.42. The summed E-state index contributed by atoms with van der Waals surface area (Å²) >= 11 is 0. The van der Waals surface area contributed by atoms with Gasteiger partial charge in [0.2, 0.25) is 6.41 Å². The smallest absolute Gasteiger partial charge is 0.238 e. The molecule has 0 aliphatic heterocycles. The number of aryl methyl sites for hydroxylation is 1. The maximum Gasteiger partial charge on any atom is 0.238 e. The number of carbonyl (C=O) groups is 1. The number of anilines is 1. The number of para-hydroxylation sites is 1. The monoisotopic (exact) mass is 262 g/mol. The maximum absolute atomic E-state index is 11.1. The van der Waals surface area contributed by atoms with E-state index in [1.807, 2.05) is 6.07 Å². The van der Waals surface area contributed by atoms with Crippen LogP contribution in [0.1, 0.15) is 32.8 Å². The summed E-state index contributed by atoms with van der Waals surface area (Å²) in [7, 11) is 0.